The van der Waals surface area contributed by atoms with Crippen LogP contribution >= 0.6 is 0 Å². The van der Waals surface area contributed by atoms with Crippen molar-refractivity contribution in [3.05, 3.63) is 0 Å². The third-order valence-corrected chi connectivity index (χ3v) is 2.37. The molecule has 1 aliphatic heterocycles. The number of rotatable bonds is 3. The van der Waals surface area contributed by atoms with Crippen LogP contribution in [-0.4, -0.2) is 66.3 Å². The molecule has 23 heteroatoms. The Balaban J connectivity index is 0.00000103. The molecule has 1 fully saturated rings. The van der Waals surface area contributed by atoms with E-state index in [0.29, 0.717) is 0 Å². The third-order valence-electron chi connectivity index (χ3n) is 2.37. The van der Waals surface area contributed by atoms with E-state index >= 15 is 0 Å². The Morgan fingerprint density at radius 1 is 0.667 bits per heavy atom. The second kappa shape index (κ2) is 6.23. The van der Waals surface area contributed by atoms with E-state index in [1.807, 2.05) is 0 Å². The number of hydroxylamine groups is 1. The van der Waals surface area contributed by atoms with E-state index in [4.69, 9.17) is 0 Å². The summed E-state index contributed by atoms with van der Waals surface area (Å²) in [6.45, 7) is 0. The van der Waals surface area contributed by atoms with Gasteiger partial charge in [-0.1, -0.05) is 0 Å². The summed E-state index contributed by atoms with van der Waals surface area (Å²) in [4.78, 5) is 2.56. The minimum absolute atomic E-state index is 2.35. The van der Waals surface area contributed by atoms with Gasteiger partial charge in [0.05, 0.1) is 0 Å². The molecular formula is C7F20NOSb. The molecule has 0 radical (unpaired) electrons. The summed E-state index contributed by atoms with van der Waals surface area (Å²) >= 11 is -11.2. The predicted octanol–water partition coefficient (Wildman–Crippen LogP) is 6.11. The van der Waals surface area contributed by atoms with Crippen molar-refractivity contribution in [2.75, 3.05) is 0 Å². The van der Waals surface area contributed by atoms with Crippen LogP contribution in [0.2, 0.25) is 0 Å². The van der Waals surface area contributed by atoms with Crippen molar-refractivity contribution >= 4 is 25.4 Å². The molecule has 30 heavy (non-hydrogen) atoms. The quantitative estimate of drug-likeness (QED) is 0.123. The van der Waals surface area contributed by atoms with Crippen LogP contribution in [0.3, 0.4) is 0 Å². The average molecular weight is 616 g/mol. The second-order valence-corrected chi connectivity index (χ2v) is 10.4. The molecule has 0 aliphatic carbocycles. The van der Waals surface area contributed by atoms with Crippen molar-refractivity contribution in [1.29, 1.82) is 0 Å². The summed E-state index contributed by atoms with van der Waals surface area (Å²) in [7, 11) is 0. The summed E-state index contributed by atoms with van der Waals surface area (Å²) < 4.78 is 229. The van der Waals surface area contributed by atoms with E-state index in [-0.39, 0.29) is 0 Å². The molecule has 0 aromatic carbocycles. The monoisotopic (exact) mass is 615 g/mol. The first-order valence-corrected chi connectivity index (χ1v) is 11.5. The molecule has 2 nitrogen and oxygen atoms in total. The predicted molar refractivity (Wildman–Crippen MR) is 50.7 cm³/mol. The van der Waals surface area contributed by atoms with Crippen molar-refractivity contribution in [2.24, 2.45) is 0 Å². The molecule has 0 N–H and O–H groups in total. The Morgan fingerprint density at radius 3 is 1.20 bits per heavy atom. The van der Waals surface area contributed by atoms with Gasteiger partial charge < -0.3 is 0 Å². The van der Waals surface area contributed by atoms with E-state index in [1.165, 1.54) is 0 Å². The van der Waals surface area contributed by atoms with Crippen LogP contribution < -0.4 is 0 Å². The molecule has 1 saturated heterocycles. The summed E-state index contributed by atoms with van der Waals surface area (Å²) in [6, 6.07) is 0. The molecule has 1 atom stereocenters. The Labute approximate surface area is 150 Å². The van der Waals surface area contributed by atoms with Gasteiger partial charge in [-0.05, 0) is 0 Å². The van der Waals surface area contributed by atoms with E-state index in [9.17, 15) is 78.3 Å². The molecule has 1 rings (SSSR count). The van der Waals surface area contributed by atoms with E-state index in [1.54, 1.807) is 0 Å². The van der Waals surface area contributed by atoms with Crippen molar-refractivity contribution < 1.29 is 87.9 Å². The van der Waals surface area contributed by atoms with Gasteiger partial charge in [0.15, 0.2) is 0 Å². The topological polar surface area (TPSA) is 15.5 Å². The Bertz CT molecular complexity index is 697. The number of nitrogens with zero attached hydrogens (tertiary/aromatic N) is 1. The molecule has 0 amide bonds. The number of halogens is 20. The van der Waals surface area contributed by atoms with Gasteiger partial charge in [0, 0.05) is 0 Å². The number of hydrogen-bond donors (Lipinski definition) is 0. The Hall–Kier alpha value is -1.11. The fourth-order valence-electron chi connectivity index (χ4n) is 1.06. The third kappa shape index (κ3) is 6.21. The minimum atomic E-state index is -11.2. The standard InChI is InChI=1S/C7F14NO.6FH.Sb/c8-1(2(9,10)3(11,12)5(15,16)17)22-7(21,23-22)4(13,14)6(18,19)20;;;;;;;/h;6*1H;/q+1;;;;;;;+5/p-6/b22-1+;;;;;;;. The maximum absolute atomic E-state index is 13.0. The van der Waals surface area contributed by atoms with Crippen LogP contribution in [0.25, 0.3) is 0 Å². The van der Waals surface area contributed by atoms with Crippen LogP contribution in [0, 0.1) is 0 Å². The van der Waals surface area contributed by atoms with Gasteiger partial charge in [0.1, 0.15) is 4.74 Å². The first kappa shape index (κ1) is 28.9. The van der Waals surface area contributed by atoms with Gasteiger partial charge in [-0.3, -0.25) is 0 Å². The fraction of sp³-hybridized carbons (Fsp3) is 0.857. The van der Waals surface area contributed by atoms with Crippen molar-refractivity contribution in [1.82, 2.24) is 0 Å². The van der Waals surface area contributed by atoms with Crippen LogP contribution in [-0.2, 0) is 4.84 Å². The molecule has 0 aromatic heterocycles. The van der Waals surface area contributed by atoms with Crippen LogP contribution in [0.15, 0.2) is 0 Å². The van der Waals surface area contributed by atoms with Crippen molar-refractivity contribution in [3.63, 3.8) is 0 Å². The normalized spacial score (nSPS) is 25.3. The Morgan fingerprint density at radius 2 is 0.967 bits per heavy atom. The molecule has 1 unspecified atom stereocenters. The zero-order valence-corrected chi connectivity index (χ0v) is 14.9. The molecule has 0 aromatic rings. The first-order valence-electron chi connectivity index (χ1n) is 5.74. The zero-order chi connectivity index (χ0) is 25.3. The van der Waals surface area contributed by atoms with Gasteiger partial charge in [-0.15, -0.1) is 13.6 Å². The molecule has 184 valence electrons. The molecule has 0 bridgehead atoms. The van der Waals surface area contributed by atoms with Crippen LogP contribution in [0.5, 0.6) is 0 Å². The summed E-state index contributed by atoms with van der Waals surface area (Å²) in [5.74, 6) is -31.1. The Kier molecular flexibility index (Phi) is 6.00. The van der Waals surface area contributed by atoms with Gasteiger partial charge in [0.2, 0.25) is 0 Å². The zero-order valence-electron chi connectivity index (χ0n) is 12.4. The first-order chi connectivity index (χ1) is 12.2. The van der Waals surface area contributed by atoms with E-state index in [2.05, 4.69) is 4.84 Å². The van der Waals surface area contributed by atoms with Crippen LogP contribution in [0.4, 0.5) is 78.3 Å². The fourth-order valence-corrected chi connectivity index (χ4v) is 1.06. The maximum atomic E-state index is 13.0. The van der Waals surface area contributed by atoms with Crippen molar-refractivity contribution in [2.45, 2.75) is 36.1 Å². The van der Waals surface area contributed by atoms with E-state index < -0.39 is 66.3 Å². The summed E-state index contributed by atoms with van der Waals surface area (Å²) in [5, 5.41) is 0. The van der Waals surface area contributed by atoms with Crippen molar-refractivity contribution in [3.8, 4) is 0 Å². The molecular weight excluding hydrogens is 616 g/mol. The number of hydrogen-bond acceptors (Lipinski definition) is 1. The molecule has 0 saturated carbocycles. The second-order valence-electron chi connectivity index (χ2n) is 4.91. The van der Waals surface area contributed by atoms with Gasteiger partial charge in [-0.25, -0.2) is 0 Å². The SMILES string of the molecule is F/C(=[N+]1/OC1(F)C(F)(F)C(F)(F)F)C(F)(F)C(F)(F)C(F)(F)F.[F][Sb-]([F])([F])([F])([F])[F]. The molecule has 1 aliphatic rings. The van der Waals surface area contributed by atoms with Gasteiger partial charge in [0.25, 0.3) is 0 Å². The van der Waals surface area contributed by atoms with Crippen LogP contribution in [0.1, 0.15) is 0 Å². The summed E-state index contributed by atoms with van der Waals surface area (Å²) in [5.41, 5.74) is 0. The summed E-state index contributed by atoms with van der Waals surface area (Å²) in [6.07, 6.45) is -14.0. The molecule has 1 heterocycles. The number of alkyl halides is 13. The van der Waals surface area contributed by atoms with E-state index in [0.717, 1.165) is 0 Å². The average Bonchev–Trinajstić information content (AvgIpc) is 3.05. The van der Waals surface area contributed by atoms with Gasteiger partial charge in [-0.2, -0.15) is 52.7 Å². The molecule has 0 spiro atoms. The van der Waals surface area contributed by atoms with Gasteiger partial charge >= 0.3 is 78.4 Å².